The van der Waals surface area contributed by atoms with Gasteiger partial charge in [0, 0.05) is 34.6 Å². The summed E-state index contributed by atoms with van der Waals surface area (Å²) < 4.78 is 0. The molecule has 0 aliphatic rings. The molecule has 0 amide bonds. The maximum atomic E-state index is 6.23. The maximum absolute atomic E-state index is 6.23. The summed E-state index contributed by atoms with van der Waals surface area (Å²) >= 11 is 24.7. The molecule has 1 aromatic heterocycles. The topological polar surface area (TPSA) is 12.9 Å². The number of benzene rings is 1. The zero-order valence-corrected chi connectivity index (χ0v) is 13.6. The van der Waals surface area contributed by atoms with Crippen molar-refractivity contribution in [2.24, 2.45) is 0 Å². The fourth-order valence-corrected chi connectivity index (χ4v) is 3.28. The number of pyridine rings is 1. The van der Waals surface area contributed by atoms with Gasteiger partial charge in [0.1, 0.15) is 0 Å². The number of hydrogen-bond donors (Lipinski definition) is 0. The third-order valence-electron chi connectivity index (χ3n) is 3.33. The zero-order chi connectivity index (χ0) is 14.6. The van der Waals surface area contributed by atoms with E-state index >= 15 is 0 Å². The van der Waals surface area contributed by atoms with Gasteiger partial charge in [0.25, 0.3) is 0 Å². The Hall–Kier alpha value is -0.470. The van der Waals surface area contributed by atoms with Crippen LogP contribution >= 0.6 is 46.4 Å². The van der Waals surface area contributed by atoms with Gasteiger partial charge in [-0.3, -0.25) is 4.98 Å². The van der Waals surface area contributed by atoms with Gasteiger partial charge in [0.15, 0.2) is 0 Å². The number of aromatic nitrogens is 1. The molecule has 1 aromatic carbocycles. The summed E-state index contributed by atoms with van der Waals surface area (Å²) in [4.78, 5) is 3.99. The van der Waals surface area contributed by atoms with Crippen molar-refractivity contribution in [3.8, 4) is 0 Å². The van der Waals surface area contributed by atoms with Crippen molar-refractivity contribution >= 4 is 46.4 Å². The Morgan fingerprint density at radius 3 is 2.40 bits per heavy atom. The molecule has 0 unspecified atom stereocenters. The average Bonchev–Trinajstić information content (AvgIpc) is 2.47. The Kier molecular flexibility index (Phi) is 5.57. The highest BCUT2D eigenvalue weighted by molar-refractivity contribution is 6.31. The molecule has 0 bridgehead atoms. The lowest BCUT2D eigenvalue weighted by Crippen LogP contribution is -2.33. The second-order valence-electron chi connectivity index (χ2n) is 4.70. The van der Waals surface area contributed by atoms with Gasteiger partial charge >= 0.3 is 0 Å². The molecular formula is C15H13Cl4N. The quantitative estimate of drug-likeness (QED) is 0.664. The molecule has 2 rings (SSSR count). The van der Waals surface area contributed by atoms with Crippen LogP contribution in [-0.2, 0) is 11.8 Å². The van der Waals surface area contributed by atoms with Crippen LogP contribution < -0.4 is 0 Å². The van der Waals surface area contributed by atoms with E-state index in [1.54, 1.807) is 12.4 Å². The molecule has 0 saturated carbocycles. The van der Waals surface area contributed by atoms with E-state index in [4.69, 9.17) is 46.4 Å². The predicted octanol–water partition coefficient (Wildman–Crippen LogP) is 5.35. The fourth-order valence-electron chi connectivity index (χ4n) is 2.12. The summed E-state index contributed by atoms with van der Waals surface area (Å²) in [5.74, 6) is 0.769. The standard InChI is InChI=1S/C15H13Cl4N/c16-9-15(10-17,12-2-1-3-13(18)6-12)7-11-4-5-20-8-14(11)19/h1-6,8H,7,9-10H2. The van der Waals surface area contributed by atoms with E-state index in [1.165, 1.54) is 0 Å². The predicted molar refractivity (Wildman–Crippen MR) is 87.5 cm³/mol. The van der Waals surface area contributed by atoms with E-state index in [1.807, 2.05) is 30.3 Å². The molecule has 106 valence electrons. The Morgan fingerprint density at radius 2 is 1.80 bits per heavy atom. The molecular weight excluding hydrogens is 336 g/mol. The third-order valence-corrected chi connectivity index (χ3v) is 4.93. The van der Waals surface area contributed by atoms with Gasteiger partial charge in [-0.2, -0.15) is 0 Å². The molecule has 0 radical (unpaired) electrons. The first-order chi connectivity index (χ1) is 9.61. The van der Waals surface area contributed by atoms with Gasteiger partial charge in [-0.25, -0.2) is 0 Å². The van der Waals surface area contributed by atoms with Crippen LogP contribution in [0.4, 0.5) is 0 Å². The summed E-state index contributed by atoms with van der Waals surface area (Å²) in [5, 5.41) is 1.29. The molecule has 0 aliphatic carbocycles. The van der Waals surface area contributed by atoms with Gasteiger partial charge < -0.3 is 0 Å². The molecule has 0 spiro atoms. The second kappa shape index (κ2) is 7.00. The van der Waals surface area contributed by atoms with E-state index in [0.717, 1.165) is 11.1 Å². The van der Waals surface area contributed by atoms with E-state index in [-0.39, 0.29) is 0 Å². The first-order valence-electron chi connectivity index (χ1n) is 6.08. The lowest BCUT2D eigenvalue weighted by Gasteiger charge is -2.31. The molecule has 0 aliphatic heterocycles. The number of rotatable bonds is 5. The van der Waals surface area contributed by atoms with Gasteiger partial charge in [0.05, 0.1) is 5.02 Å². The van der Waals surface area contributed by atoms with Crippen molar-refractivity contribution in [1.29, 1.82) is 0 Å². The van der Waals surface area contributed by atoms with Crippen molar-refractivity contribution in [3.63, 3.8) is 0 Å². The lowest BCUT2D eigenvalue weighted by atomic mass is 9.79. The molecule has 0 fully saturated rings. The number of alkyl halides is 2. The Balaban J connectivity index is 2.42. The minimum absolute atomic E-state index is 0.384. The largest absolute Gasteiger partial charge is 0.263 e. The smallest absolute Gasteiger partial charge is 0.0621 e. The highest BCUT2D eigenvalue weighted by Crippen LogP contribution is 2.34. The molecule has 1 heterocycles. The summed E-state index contributed by atoms with van der Waals surface area (Å²) in [6, 6.07) is 9.52. The summed E-state index contributed by atoms with van der Waals surface area (Å²) in [6.07, 6.45) is 3.98. The normalized spacial score (nSPS) is 11.6. The average molecular weight is 349 g/mol. The summed E-state index contributed by atoms with van der Waals surface area (Å²) in [7, 11) is 0. The van der Waals surface area contributed by atoms with Crippen molar-refractivity contribution in [3.05, 3.63) is 63.9 Å². The maximum Gasteiger partial charge on any atom is 0.0621 e. The molecule has 0 saturated heterocycles. The van der Waals surface area contributed by atoms with E-state index in [2.05, 4.69) is 4.98 Å². The Labute approximate surface area is 138 Å². The first-order valence-corrected chi connectivity index (χ1v) is 7.90. The minimum Gasteiger partial charge on any atom is -0.263 e. The van der Waals surface area contributed by atoms with Crippen LogP contribution in [-0.4, -0.2) is 16.7 Å². The number of nitrogens with zero attached hydrogens (tertiary/aromatic N) is 1. The van der Waals surface area contributed by atoms with Crippen molar-refractivity contribution in [1.82, 2.24) is 4.98 Å². The van der Waals surface area contributed by atoms with Crippen molar-refractivity contribution in [2.45, 2.75) is 11.8 Å². The number of hydrogen-bond acceptors (Lipinski definition) is 1. The molecule has 5 heteroatoms. The van der Waals surface area contributed by atoms with Crippen LogP contribution in [0.1, 0.15) is 11.1 Å². The molecule has 2 aromatic rings. The molecule has 20 heavy (non-hydrogen) atoms. The molecule has 1 nitrogen and oxygen atoms in total. The second-order valence-corrected chi connectivity index (χ2v) is 6.08. The van der Waals surface area contributed by atoms with Crippen LogP contribution in [0.5, 0.6) is 0 Å². The van der Waals surface area contributed by atoms with Crippen LogP contribution in [0, 0.1) is 0 Å². The lowest BCUT2D eigenvalue weighted by molar-refractivity contribution is 0.536. The Morgan fingerprint density at radius 1 is 1.05 bits per heavy atom. The fraction of sp³-hybridized carbons (Fsp3) is 0.267. The highest BCUT2D eigenvalue weighted by atomic mass is 35.5. The van der Waals surface area contributed by atoms with Crippen molar-refractivity contribution in [2.75, 3.05) is 11.8 Å². The van der Waals surface area contributed by atoms with Crippen LogP contribution in [0.2, 0.25) is 10.0 Å². The monoisotopic (exact) mass is 347 g/mol. The van der Waals surface area contributed by atoms with Crippen LogP contribution in [0.15, 0.2) is 42.7 Å². The van der Waals surface area contributed by atoms with Gasteiger partial charge in [0.2, 0.25) is 0 Å². The summed E-state index contributed by atoms with van der Waals surface area (Å²) in [5.41, 5.74) is 1.59. The molecule has 0 N–H and O–H groups in total. The highest BCUT2D eigenvalue weighted by Gasteiger charge is 2.32. The van der Waals surface area contributed by atoms with E-state index in [0.29, 0.717) is 28.2 Å². The van der Waals surface area contributed by atoms with Gasteiger partial charge in [-0.05, 0) is 35.7 Å². The van der Waals surface area contributed by atoms with E-state index in [9.17, 15) is 0 Å². The Bertz CT molecular complexity index is 582. The van der Waals surface area contributed by atoms with Gasteiger partial charge in [-0.15, -0.1) is 23.2 Å². The van der Waals surface area contributed by atoms with Crippen molar-refractivity contribution < 1.29 is 0 Å². The minimum atomic E-state index is -0.404. The van der Waals surface area contributed by atoms with Crippen LogP contribution in [0.3, 0.4) is 0 Å². The SMILES string of the molecule is ClCC(CCl)(Cc1ccncc1Cl)c1cccc(Cl)c1. The zero-order valence-electron chi connectivity index (χ0n) is 10.6. The number of halogens is 4. The van der Waals surface area contributed by atoms with Crippen LogP contribution in [0.25, 0.3) is 0 Å². The molecule has 0 atom stereocenters. The van der Waals surface area contributed by atoms with Gasteiger partial charge in [-0.1, -0.05) is 35.3 Å². The third kappa shape index (κ3) is 3.40. The van der Waals surface area contributed by atoms with E-state index < -0.39 is 5.41 Å². The summed E-state index contributed by atoms with van der Waals surface area (Å²) in [6.45, 7) is 0. The first kappa shape index (κ1) is 15.9.